The molecule has 0 saturated carbocycles. The Bertz CT molecular complexity index is 909. The van der Waals surface area contributed by atoms with Gasteiger partial charge in [0.2, 0.25) is 5.91 Å². The van der Waals surface area contributed by atoms with Crippen LogP contribution in [0.5, 0.6) is 5.75 Å². The van der Waals surface area contributed by atoms with Gasteiger partial charge >= 0.3 is 6.03 Å². The molecule has 28 heavy (non-hydrogen) atoms. The summed E-state index contributed by atoms with van der Waals surface area (Å²) in [4.78, 5) is 42.8. The second-order valence-corrected chi connectivity index (χ2v) is 7.81. The lowest BCUT2D eigenvalue weighted by Gasteiger charge is -2.22. The van der Waals surface area contributed by atoms with Gasteiger partial charge in [0.15, 0.2) is 5.13 Å². The van der Waals surface area contributed by atoms with Crippen LogP contribution in [0, 0.1) is 0 Å². The Morgan fingerprint density at radius 2 is 2.00 bits per heavy atom. The number of benzene rings is 1. The van der Waals surface area contributed by atoms with Gasteiger partial charge in [-0.25, -0.2) is 9.78 Å². The van der Waals surface area contributed by atoms with Gasteiger partial charge < -0.3 is 15.4 Å². The largest absolute Gasteiger partial charge is 0.497 e. The first-order valence-corrected chi connectivity index (χ1v) is 9.66. The summed E-state index contributed by atoms with van der Waals surface area (Å²) in [5.41, 5.74) is 0.244. The molecule has 2 N–H and O–H groups in total. The fourth-order valence-electron chi connectivity index (χ4n) is 2.87. The fraction of sp³-hybridized carbons (Fsp3) is 0.368. The zero-order valence-electron chi connectivity index (χ0n) is 16.1. The molecule has 1 aliphatic heterocycles. The van der Waals surface area contributed by atoms with E-state index >= 15 is 0 Å². The molecule has 1 aliphatic rings. The minimum atomic E-state index is -1.24. The molecular weight excluding hydrogens is 380 g/mol. The van der Waals surface area contributed by atoms with E-state index < -0.39 is 23.4 Å². The summed E-state index contributed by atoms with van der Waals surface area (Å²) >= 11 is 1.31. The molecule has 2 heterocycles. The topological polar surface area (TPSA) is 101 Å². The molecule has 9 heteroatoms. The molecule has 4 amide bonds. The quantitative estimate of drug-likeness (QED) is 0.724. The number of carbonyl (C=O) groups is 3. The molecule has 1 aromatic carbocycles. The molecule has 1 unspecified atom stereocenters. The minimum absolute atomic E-state index is 0.248. The molecule has 1 fully saturated rings. The minimum Gasteiger partial charge on any atom is -0.497 e. The Kier molecular flexibility index (Phi) is 5.37. The summed E-state index contributed by atoms with van der Waals surface area (Å²) in [6.45, 7) is 5.25. The predicted octanol–water partition coefficient (Wildman–Crippen LogP) is 2.68. The number of nitrogens with zero attached hydrogens (tertiary/aromatic N) is 2. The van der Waals surface area contributed by atoms with Crippen LogP contribution in [0.2, 0.25) is 0 Å². The number of anilines is 1. The standard InChI is InChI=1S/C19H22N4O4S/c1-11(2)14-10-28-17(20-14)21-15(24)9-23-16(25)19(3,22-18(23)26)12-5-7-13(27-4)8-6-12/h5-8,10-11H,9H2,1-4H3,(H,22,26)(H,20,21,24). The van der Waals surface area contributed by atoms with Gasteiger partial charge in [0.1, 0.15) is 17.8 Å². The third-order valence-electron chi connectivity index (χ3n) is 4.60. The van der Waals surface area contributed by atoms with Crippen LogP contribution in [0.25, 0.3) is 0 Å². The third-order valence-corrected chi connectivity index (χ3v) is 5.38. The SMILES string of the molecule is COc1ccc(C2(C)NC(=O)N(CC(=O)Nc3nc(C(C)C)cs3)C2=O)cc1. The molecule has 8 nitrogen and oxygen atoms in total. The van der Waals surface area contributed by atoms with Crippen LogP contribution >= 0.6 is 11.3 Å². The normalized spacial score (nSPS) is 19.1. The van der Waals surface area contributed by atoms with Crippen LogP contribution in [-0.2, 0) is 15.1 Å². The highest BCUT2D eigenvalue weighted by Gasteiger charge is 2.49. The van der Waals surface area contributed by atoms with Crippen molar-refractivity contribution in [2.45, 2.75) is 32.2 Å². The van der Waals surface area contributed by atoms with E-state index in [1.165, 1.54) is 11.3 Å². The van der Waals surface area contributed by atoms with Crippen LogP contribution < -0.4 is 15.4 Å². The number of rotatable bonds is 6. The van der Waals surface area contributed by atoms with Crippen molar-refractivity contribution >= 4 is 34.3 Å². The molecule has 1 saturated heterocycles. The number of methoxy groups -OCH3 is 1. The lowest BCUT2D eigenvalue weighted by molar-refractivity contribution is -0.133. The van der Waals surface area contributed by atoms with Crippen molar-refractivity contribution in [1.29, 1.82) is 0 Å². The molecule has 1 atom stereocenters. The summed E-state index contributed by atoms with van der Waals surface area (Å²) in [5, 5.41) is 7.63. The van der Waals surface area contributed by atoms with E-state index in [9.17, 15) is 14.4 Å². The Morgan fingerprint density at radius 3 is 2.57 bits per heavy atom. The first kappa shape index (κ1) is 19.8. The highest BCUT2D eigenvalue weighted by Crippen LogP contribution is 2.30. The van der Waals surface area contributed by atoms with Gasteiger partial charge in [-0.15, -0.1) is 11.3 Å². The smallest absolute Gasteiger partial charge is 0.325 e. The summed E-state index contributed by atoms with van der Waals surface area (Å²) in [5.74, 6) is -0.0745. The molecule has 2 aromatic rings. The van der Waals surface area contributed by atoms with E-state index in [4.69, 9.17) is 4.74 Å². The van der Waals surface area contributed by atoms with Gasteiger partial charge in [-0.3, -0.25) is 14.5 Å². The maximum atomic E-state index is 12.9. The molecule has 0 radical (unpaired) electrons. The maximum Gasteiger partial charge on any atom is 0.325 e. The fourth-order valence-corrected chi connectivity index (χ4v) is 3.76. The molecule has 3 rings (SSSR count). The summed E-state index contributed by atoms with van der Waals surface area (Å²) in [6, 6.07) is 6.24. The van der Waals surface area contributed by atoms with Crippen molar-refractivity contribution in [3.05, 3.63) is 40.9 Å². The van der Waals surface area contributed by atoms with Crippen molar-refractivity contribution < 1.29 is 19.1 Å². The first-order chi connectivity index (χ1) is 13.2. The molecule has 0 bridgehead atoms. The van der Waals surface area contributed by atoms with Crippen molar-refractivity contribution in [3.8, 4) is 5.75 Å². The van der Waals surface area contributed by atoms with Crippen LogP contribution in [0.1, 0.15) is 37.9 Å². The number of urea groups is 1. The van der Waals surface area contributed by atoms with Crippen LogP contribution in [-0.4, -0.2) is 41.4 Å². The van der Waals surface area contributed by atoms with Gasteiger partial charge in [-0.05, 0) is 30.5 Å². The van der Waals surface area contributed by atoms with Crippen LogP contribution in [0.3, 0.4) is 0 Å². The van der Waals surface area contributed by atoms with E-state index in [-0.39, 0.29) is 12.5 Å². The number of hydrogen-bond acceptors (Lipinski definition) is 6. The number of thiazole rings is 1. The molecule has 0 spiro atoms. The second-order valence-electron chi connectivity index (χ2n) is 6.96. The number of nitrogens with one attached hydrogen (secondary N) is 2. The lowest BCUT2D eigenvalue weighted by Crippen LogP contribution is -2.42. The summed E-state index contributed by atoms with van der Waals surface area (Å²) in [7, 11) is 1.55. The number of ether oxygens (including phenoxy) is 1. The third kappa shape index (κ3) is 3.70. The van der Waals surface area contributed by atoms with Crippen molar-refractivity contribution in [2.24, 2.45) is 0 Å². The van der Waals surface area contributed by atoms with Gasteiger partial charge in [-0.2, -0.15) is 0 Å². The zero-order chi connectivity index (χ0) is 20.5. The molecule has 148 valence electrons. The predicted molar refractivity (Wildman–Crippen MR) is 105 cm³/mol. The van der Waals surface area contributed by atoms with Crippen molar-refractivity contribution in [3.63, 3.8) is 0 Å². The molecular formula is C19H22N4O4S. The van der Waals surface area contributed by atoms with E-state index in [0.29, 0.717) is 16.4 Å². The van der Waals surface area contributed by atoms with Crippen LogP contribution in [0.4, 0.5) is 9.93 Å². The number of carbonyl (C=O) groups excluding carboxylic acids is 3. The average Bonchev–Trinajstić information content (AvgIpc) is 3.21. The Hall–Kier alpha value is -2.94. The Labute approximate surface area is 166 Å². The van der Waals surface area contributed by atoms with Gasteiger partial charge in [0, 0.05) is 5.38 Å². The van der Waals surface area contributed by atoms with Crippen LogP contribution in [0.15, 0.2) is 29.6 Å². The number of hydrogen-bond donors (Lipinski definition) is 2. The highest BCUT2D eigenvalue weighted by molar-refractivity contribution is 7.13. The number of imide groups is 1. The first-order valence-electron chi connectivity index (χ1n) is 8.78. The zero-order valence-corrected chi connectivity index (χ0v) is 16.9. The molecule has 0 aliphatic carbocycles. The number of aromatic nitrogens is 1. The maximum absolute atomic E-state index is 12.9. The van der Waals surface area contributed by atoms with Gasteiger partial charge in [-0.1, -0.05) is 26.0 Å². The lowest BCUT2D eigenvalue weighted by atomic mass is 9.92. The van der Waals surface area contributed by atoms with E-state index in [0.717, 1.165) is 10.6 Å². The monoisotopic (exact) mass is 402 g/mol. The van der Waals surface area contributed by atoms with E-state index in [1.54, 1.807) is 38.3 Å². The van der Waals surface area contributed by atoms with Gasteiger partial charge in [0.25, 0.3) is 5.91 Å². The Balaban J connectivity index is 1.71. The van der Waals surface area contributed by atoms with Gasteiger partial charge in [0.05, 0.1) is 12.8 Å². The van der Waals surface area contributed by atoms with E-state index in [2.05, 4.69) is 15.6 Å². The summed E-state index contributed by atoms with van der Waals surface area (Å²) < 4.78 is 5.12. The van der Waals surface area contributed by atoms with E-state index in [1.807, 2.05) is 19.2 Å². The summed E-state index contributed by atoms with van der Waals surface area (Å²) in [6.07, 6.45) is 0. The molecule has 1 aromatic heterocycles. The Morgan fingerprint density at radius 1 is 1.32 bits per heavy atom. The second kappa shape index (κ2) is 7.59. The average molecular weight is 402 g/mol. The van der Waals surface area contributed by atoms with Crippen molar-refractivity contribution in [1.82, 2.24) is 15.2 Å². The van der Waals surface area contributed by atoms with Crippen molar-refractivity contribution in [2.75, 3.05) is 19.0 Å². The number of amides is 4. The highest BCUT2D eigenvalue weighted by atomic mass is 32.1.